The lowest BCUT2D eigenvalue weighted by molar-refractivity contribution is 0.0993. The van der Waals surface area contributed by atoms with Gasteiger partial charge in [0.1, 0.15) is 0 Å². The smallest absolute Gasteiger partial charge is 0.0552 e. The van der Waals surface area contributed by atoms with Crippen molar-refractivity contribution in [2.75, 3.05) is 51.7 Å². The van der Waals surface area contributed by atoms with E-state index in [-0.39, 0.29) is 0 Å². The number of likely N-dealkylation sites (N-methyl/N-ethyl adjacent to an activating group) is 1. The van der Waals surface area contributed by atoms with Crippen molar-refractivity contribution in [3.05, 3.63) is 24.5 Å². The number of anilines is 1. The Kier molecular flexibility index (Phi) is 4.45. The highest BCUT2D eigenvalue weighted by molar-refractivity contribution is 5.44. The van der Waals surface area contributed by atoms with Crippen molar-refractivity contribution in [3.63, 3.8) is 0 Å². The predicted molar refractivity (Wildman–Crippen MR) is 87.8 cm³/mol. The fourth-order valence-corrected chi connectivity index (χ4v) is 3.95. The van der Waals surface area contributed by atoms with E-state index in [1.807, 2.05) is 18.5 Å². The molecule has 3 heterocycles. The van der Waals surface area contributed by atoms with Gasteiger partial charge in [-0.2, -0.15) is 0 Å². The van der Waals surface area contributed by atoms with E-state index < -0.39 is 0 Å². The maximum Gasteiger partial charge on any atom is 0.0552 e. The Balaban J connectivity index is 1.61. The van der Waals surface area contributed by atoms with Crippen LogP contribution in [0, 0.1) is 0 Å². The molecule has 1 aromatic heterocycles. The van der Waals surface area contributed by atoms with E-state index in [2.05, 4.69) is 39.8 Å². The molecule has 0 bridgehead atoms. The average molecular weight is 288 g/mol. The summed E-state index contributed by atoms with van der Waals surface area (Å²) >= 11 is 0. The summed E-state index contributed by atoms with van der Waals surface area (Å²) in [6.45, 7) is 6.03. The second-order valence-corrected chi connectivity index (χ2v) is 6.82. The highest BCUT2D eigenvalue weighted by Crippen LogP contribution is 2.39. The van der Waals surface area contributed by atoms with E-state index >= 15 is 0 Å². The highest BCUT2D eigenvalue weighted by atomic mass is 15.3. The fraction of sp³-hybridized carbons (Fsp3) is 0.706. The number of pyridine rings is 1. The molecule has 4 heteroatoms. The van der Waals surface area contributed by atoms with E-state index in [0.717, 1.165) is 0 Å². The minimum Gasteiger partial charge on any atom is -0.370 e. The molecule has 0 unspecified atom stereocenters. The zero-order chi connectivity index (χ0) is 14.7. The molecule has 2 fully saturated rings. The van der Waals surface area contributed by atoms with Gasteiger partial charge in [-0.1, -0.05) is 0 Å². The maximum atomic E-state index is 4.26. The summed E-state index contributed by atoms with van der Waals surface area (Å²) < 4.78 is 0. The Hall–Kier alpha value is -1.13. The van der Waals surface area contributed by atoms with Crippen LogP contribution in [0.25, 0.3) is 0 Å². The molecule has 0 saturated carbocycles. The Morgan fingerprint density at radius 2 is 2.00 bits per heavy atom. The number of hydrogen-bond acceptors (Lipinski definition) is 4. The number of nitrogens with zero attached hydrogens (tertiary/aromatic N) is 4. The lowest BCUT2D eigenvalue weighted by Crippen LogP contribution is -2.53. The van der Waals surface area contributed by atoms with Gasteiger partial charge in [-0.05, 0) is 58.5 Å². The van der Waals surface area contributed by atoms with Crippen molar-refractivity contribution in [1.82, 2.24) is 14.8 Å². The van der Waals surface area contributed by atoms with E-state index in [4.69, 9.17) is 0 Å². The van der Waals surface area contributed by atoms with Gasteiger partial charge in [0.2, 0.25) is 0 Å². The number of aromatic nitrogens is 1. The molecule has 116 valence electrons. The molecule has 2 saturated heterocycles. The standard InChI is InChI=1S/C17H28N4/c1-19(2)13-14-21-10-4-6-17(21)7-11-20(12-8-17)16-5-3-9-18-15-16/h3,5,9,15H,4,6-8,10-14H2,1-2H3. The third-order valence-corrected chi connectivity index (χ3v) is 5.26. The van der Waals surface area contributed by atoms with Gasteiger partial charge in [-0.3, -0.25) is 9.88 Å². The quantitative estimate of drug-likeness (QED) is 0.846. The van der Waals surface area contributed by atoms with Gasteiger partial charge in [0.05, 0.1) is 11.9 Å². The molecule has 1 aromatic rings. The maximum absolute atomic E-state index is 4.26. The molecule has 0 aliphatic carbocycles. The number of hydrogen-bond donors (Lipinski definition) is 0. The van der Waals surface area contributed by atoms with Crippen molar-refractivity contribution in [1.29, 1.82) is 0 Å². The first-order valence-corrected chi connectivity index (χ1v) is 8.24. The third kappa shape index (κ3) is 3.22. The van der Waals surface area contributed by atoms with Crippen molar-refractivity contribution in [2.45, 2.75) is 31.2 Å². The lowest BCUT2D eigenvalue weighted by atomic mass is 9.84. The van der Waals surface area contributed by atoms with E-state index in [9.17, 15) is 0 Å². The summed E-state index contributed by atoms with van der Waals surface area (Å²) in [6, 6.07) is 4.22. The van der Waals surface area contributed by atoms with Crippen LogP contribution in [-0.2, 0) is 0 Å². The SMILES string of the molecule is CN(C)CCN1CCCC12CCN(c1cccnc1)CC2. The molecule has 2 aliphatic rings. The minimum absolute atomic E-state index is 0.481. The second-order valence-electron chi connectivity index (χ2n) is 6.82. The summed E-state index contributed by atoms with van der Waals surface area (Å²) in [6.07, 6.45) is 9.22. The molecule has 0 N–H and O–H groups in total. The first-order valence-electron chi connectivity index (χ1n) is 8.24. The molecule has 0 aromatic carbocycles. The van der Waals surface area contributed by atoms with Crippen LogP contribution < -0.4 is 4.90 Å². The van der Waals surface area contributed by atoms with Gasteiger partial charge < -0.3 is 9.80 Å². The van der Waals surface area contributed by atoms with Crippen LogP contribution in [0.3, 0.4) is 0 Å². The van der Waals surface area contributed by atoms with Crippen molar-refractivity contribution < 1.29 is 0 Å². The van der Waals surface area contributed by atoms with Crippen LogP contribution in [0.2, 0.25) is 0 Å². The largest absolute Gasteiger partial charge is 0.370 e. The van der Waals surface area contributed by atoms with Crippen LogP contribution in [0.4, 0.5) is 5.69 Å². The number of rotatable bonds is 4. The van der Waals surface area contributed by atoms with Crippen LogP contribution >= 0.6 is 0 Å². The van der Waals surface area contributed by atoms with Crippen LogP contribution in [0.5, 0.6) is 0 Å². The summed E-state index contributed by atoms with van der Waals surface area (Å²) in [5.41, 5.74) is 1.76. The monoisotopic (exact) mass is 288 g/mol. The highest BCUT2D eigenvalue weighted by Gasteiger charge is 2.42. The lowest BCUT2D eigenvalue weighted by Gasteiger charge is -2.46. The summed E-state index contributed by atoms with van der Waals surface area (Å²) in [7, 11) is 4.35. The molecule has 0 radical (unpaired) electrons. The molecule has 0 amide bonds. The zero-order valence-corrected chi connectivity index (χ0v) is 13.5. The average Bonchev–Trinajstić information content (AvgIpc) is 2.89. The molecule has 2 aliphatic heterocycles. The van der Waals surface area contributed by atoms with E-state index in [1.165, 1.54) is 64.1 Å². The molecule has 1 spiro atoms. The van der Waals surface area contributed by atoms with E-state index in [1.54, 1.807) is 0 Å². The topological polar surface area (TPSA) is 22.6 Å². The molecular weight excluding hydrogens is 260 g/mol. The minimum atomic E-state index is 0.481. The van der Waals surface area contributed by atoms with Crippen LogP contribution in [0.15, 0.2) is 24.5 Å². The van der Waals surface area contributed by atoms with Crippen molar-refractivity contribution in [3.8, 4) is 0 Å². The van der Waals surface area contributed by atoms with Gasteiger partial charge in [0.15, 0.2) is 0 Å². The normalized spacial score (nSPS) is 22.3. The Morgan fingerprint density at radius 3 is 2.67 bits per heavy atom. The molecule has 4 nitrogen and oxygen atoms in total. The van der Waals surface area contributed by atoms with Crippen LogP contribution in [0.1, 0.15) is 25.7 Å². The predicted octanol–water partition coefficient (Wildman–Crippen LogP) is 2.08. The van der Waals surface area contributed by atoms with Gasteiger partial charge in [0, 0.05) is 37.9 Å². The van der Waals surface area contributed by atoms with Crippen molar-refractivity contribution >= 4 is 5.69 Å². The van der Waals surface area contributed by atoms with Gasteiger partial charge in [-0.25, -0.2) is 0 Å². The molecular formula is C17H28N4. The molecule has 3 rings (SSSR count). The summed E-state index contributed by atoms with van der Waals surface area (Å²) in [4.78, 5) is 11.8. The Bertz CT molecular complexity index is 437. The molecule has 21 heavy (non-hydrogen) atoms. The summed E-state index contributed by atoms with van der Waals surface area (Å²) in [5.74, 6) is 0. The number of piperidine rings is 1. The van der Waals surface area contributed by atoms with Crippen molar-refractivity contribution in [2.24, 2.45) is 0 Å². The molecule has 0 atom stereocenters. The van der Waals surface area contributed by atoms with Gasteiger partial charge in [0.25, 0.3) is 0 Å². The first kappa shape index (κ1) is 14.8. The zero-order valence-electron chi connectivity index (χ0n) is 13.5. The first-order chi connectivity index (χ1) is 10.2. The third-order valence-electron chi connectivity index (χ3n) is 5.26. The Labute approximate surface area is 128 Å². The Morgan fingerprint density at radius 1 is 1.19 bits per heavy atom. The number of likely N-dealkylation sites (tertiary alicyclic amines) is 1. The van der Waals surface area contributed by atoms with Gasteiger partial charge in [-0.15, -0.1) is 0 Å². The fourth-order valence-electron chi connectivity index (χ4n) is 3.95. The van der Waals surface area contributed by atoms with Gasteiger partial charge >= 0.3 is 0 Å². The summed E-state index contributed by atoms with van der Waals surface area (Å²) in [5, 5.41) is 0. The van der Waals surface area contributed by atoms with E-state index in [0.29, 0.717) is 5.54 Å². The second kappa shape index (κ2) is 6.32. The van der Waals surface area contributed by atoms with Crippen LogP contribution in [-0.4, -0.2) is 67.1 Å².